The number of nitrogens with zero attached hydrogens (tertiary/aromatic N) is 1. The number of aryl methyl sites for hydroxylation is 3. The summed E-state index contributed by atoms with van der Waals surface area (Å²) in [5, 5.41) is 0. The molecule has 128 valence electrons. The molecule has 0 atom stereocenters. The molecule has 0 radical (unpaired) electrons. The average molecular weight is 339 g/mol. The van der Waals surface area contributed by atoms with Gasteiger partial charge >= 0.3 is 5.97 Å². The molecule has 1 aromatic rings. The van der Waals surface area contributed by atoms with Crippen molar-refractivity contribution < 1.29 is 17.9 Å². The third-order valence-corrected chi connectivity index (χ3v) is 6.23. The van der Waals surface area contributed by atoms with Crippen LogP contribution in [0.2, 0.25) is 0 Å². The maximum Gasteiger partial charge on any atom is 0.307 e. The molecule has 23 heavy (non-hydrogen) atoms. The molecular formula is C17H25NO4S. The Morgan fingerprint density at radius 1 is 1.22 bits per heavy atom. The minimum Gasteiger partial charge on any atom is -0.466 e. The van der Waals surface area contributed by atoms with E-state index in [2.05, 4.69) is 0 Å². The quantitative estimate of drug-likeness (QED) is 0.717. The van der Waals surface area contributed by atoms with Gasteiger partial charge in [0.15, 0.2) is 0 Å². The van der Waals surface area contributed by atoms with Gasteiger partial charge in [-0.25, -0.2) is 8.42 Å². The summed E-state index contributed by atoms with van der Waals surface area (Å²) < 4.78 is 32.6. The molecule has 0 unspecified atom stereocenters. The molecule has 1 aromatic carbocycles. The van der Waals surface area contributed by atoms with E-state index in [1.165, 1.54) is 4.31 Å². The number of hydrogen-bond donors (Lipinski definition) is 0. The zero-order chi connectivity index (χ0) is 17.2. The Morgan fingerprint density at radius 2 is 1.78 bits per heavy atom. The first-order chi connectivity index (χ1) is 10.8. The molecule has 0 heterocycles. The molecule has 1 aliphatic carbocycles. The first kappa shape index (κ1) is 17.9. The largest absolute Gasteiger partial charge is 0.466 e. The predicted molar refractivity (Wildman–Crippen MR) is 88.8 cm³/mol. The zero-order valence-electron chi connectivity index (χ0n) is 14.3. The highest BCUT2D eigenvalue weighted by Gasteiger charge is 2.39. The molecule has 1 saturated carbocycles. The molecule has 1 fully saturated rings. The van der Waals surface area contributed by atoms with Gasteiger partial charge in [-0.1, -0.05) is 17.7 Å². The smallest absolute Gasteiger partial charge is 0.307 e. The minimum absolute atomic E-state index is 0.00882. The predicted octanol–water partition coefficient (Wildman–Crippen LogP) is 2.72. The van der Waals surface area contributed by atoms with E-state index in [9.17, 15) is 13.2 Å². The van der Waals surface area contributed by atoms with E-state index >= 15 is 0 Å². The van der Waals surface area contributed by atoms with Crippen LogP contribution in [0, 0.1) is 20.8 Å². The van der Waals surface area contributed by atoms with Crippen LogP contribution < -0.4 is 0 Å². The molecule has 2 rings (SSSR count). The van der Waals surface area contributed by atoms with Gasteiger partial charge in [0.05, 0.1) is 17.9 Å². The van der Waals surface area contributed by atoms with E-state index in [0.29, 0.717) is 11.5 Å². The summed E-state index contributed by atoms with van der Waals surface area (Å²) in [4.78, 5) is 12.0. The van der Waals surface area contributed by atoms with Crippen molar-refractivity contribution in [1.82, 2.24) is 4.31 Å². The van der Waals surface area contributed by atoms with Crippen LogP contribution in [0.5, 0.6) is 0 Å². The molecule has 0 amide bonds. The second-order valence-electron chi connectivity index (χ2n) is 6.13. The summed E-state index contributed by atoms with van der Waals surface area (Å²) in [7, 11) is -3.60. The van der Waals surface area contributed by atoms with Crippen LogP contribution in [0.1, 0.15) is 42.9 Å². The first-order valence-corrected chi connectivity index (χ1v) is 9.46. The lowest BCUT2D eigenvalue weighted by Crippen LogP contribution is -2.36. The number of carbonyl (C=O) groups excluding carboxylic acids is 1. The first-order valence-electron chi connectivity index (χ1n) is 8.02. The van der Waals surface area contributed by atoms with Crippen molar-refractivity contribution in [3.05, 3.63) is 28.8 Å². The Balaban J connectivity index is 2.29. The van der Waals surface area contributed by atoms with Gasteiger partial charge in [-0.3, -0.25) is 4.79 Å². The number of rotatable bonds is 7. The maximum atomic E-state index is 13.1. The van der Waals surface area contributed by atoms with Gasteiger partial charge in [0.1, 0.15) is 0 Å². The van der Waals surface area contributed by atoms with E-state index < -0.39 is 10.0 Å². The van der Waals surface area contributed by atoms with Crippen molar-refractivity contribution in [2.75, 3.05) is 13.2 Å². The molecule has 0 N–H and O–H groups in total. The fourth-order valence-electron chi connectivity index (χ4n) is 2.99. The van der Waals surface area contributed by atoms with Crippen molar-refractivity contribution >= 4 is 16.0 Å². The highest BCUT2D eigenvalue weighted by molar-refractivity contribution is 7.89. The van der Waals surface area contributed by atoms with Crippen LogP contribution in [0.25, 0.3) is 0 Å². The van der Waals surface area contributed by atoms with Crippen molar-refractivity contribution in [3.8, 4) is 0 Å². The van der Waals surface area contributed by atoms with Crippen LogP contribution in [0.4, 0.5) is 0 Å². The van der Waals surface area contributed by atoms with Crippen molar-refractivity contribution in [2.24, 2.45) is 0 Å². The summed E-state index contributed by atoms with van der Waals surface area (Å²) >= 11 is 0. The Bertz CT molecular complexity index is 670. The number of hydrogen-bond acceptors (Lipinski definition) is 4. The van der Waals surface area contributed by atoms with Crippen molar-refractivity contribution in [1.29, 1.82) is 0 Å². The second-order valence-corrected chi connectivity index (χ2v) is 7.96. The van der Waals surface area contributed by atoms with E-state index in [0.717, 1.165) is 29.5 Å². The molecule has 0 aromatic heterocycles. The van der Waals surface area contributed by atoms with Gasteiger partial charge in [-0.15, -0.1) is 0 Å². The fraction of sp³-hybridized carbons (Fsp3) is 0.588. The van der Waals surface area contributed by atoms with Gasteiger partial charge in [0.2, 0.25) is 10.0 Å². The lowest BCUT2D eigenvalue weighted by atomic mass is 10.1. The number of carbonyl (C=O) groups is 1. The van der Waals surface area contributed by atoms with Crippen molar-refractivity contribution in [3.63, 3.8) is 0 Å². The number of benzene rings is 1. The van der Waals surface area contributed by atoms with E-state index in [-0.39, 0.29) is 25.0 Å². The normalized spacial score (nSPS) is 15.0. The van der Waals surface area contributed by atoms with Gasteiger partial charge in [0, 0.05) is 12.6 Å². The van der Waals surface area contributed by atoms with E-state index in [1.807, 2.05) is 32.9 Å². The number of ether oxygens (including phenoxy) is 1. The third kappa shape index (κ3) is 4.12. The van der Waals surface area contributed by atoms with Crippen LogP contribution in [0.3, 0.4) is 0 Å². The highest BCUT2D eigenvalue weighted by Crippen LogP contribution is 2.34. The van der Waals surface area contributed by atoms with E-state index in [1.54, 1.807) is 6.92 Å². The summed E-state index contributed by atoms with van der Waals surface area (Å²) in [5.41, 5.74) is 2.55. The maximum absolute atomic E-state index is 13.1. The second kappa shape index (κ2) is 7.01. The third-order valence-electron chi connectivity index (χ3n) is 3.97. The molecule has 0 saturated heterocycles. The standard InChI is InChI=1S/C17H25NO4S/c1-5-22-16(19)8-9-18(15-6-7-15)23(20,21)17-13(3)10-12(2)11-14(17)4/h10-11,15H,5-9H2,1-4H3. The van der Waals surface area contributed by atoms with Crippen LogP contribution in [-0.4, -0.2) is 37.9 Å². The Morgan fingerprint density at radius 3 is 2.26 bits per heavy atom. The lowest BCUT2D eigenvalue weighted by molar-refractivity contribution is -0.143. The van der Waals surface area contributed by atoms with Crippen LogP contribution in [-0.2, 0) is 19.6 Å². The van der Waals surface area contributed by atoms with Gasteiger partial charge in [-0.2, -0.15) is 4.31 Å². The Kier molecular flexibility index (Phi) is 5.47. The fourth-order valence-corrected chi connectivity index (χ4v) is 5.09. The average Bonchev–Trinajstić information content (AvgIpc) is 3.21. The number of sulfonamides is 1. The summed E-state index contributed by atoms with van der Waals surface area (Å²) in [6.45, 7) is 7.83. The molecule has 0 aliphatic heterocycles. The molecule has 5 nitrogen and oxygen atoms in total. The van der Waals surface area contributed by atoms with Crippen LogP contribution in [0.15, 0.2) is 17.0 Å². The lowest BCUT2D eigenvalue weighted by Gasteiger charge is -2.24. The Hall–Kier alpha value is -1.40. The van der Waals surface area contributed by atoms with E-state index in [4.69, 9.17) is 4.74 Å². The highest BCUT2D eigenvalue weighted by atomic mass is 32.2. The molecule has 6 heteroatoms. The molecule has 0 bridgehead atoms. The van der Waals surface area contributed by atoms with Crippen LogP contribution >= 0.6 is 0 Å². The number of esters is 1. The van der Waals surface area contributed by atoms with Gasteiger partial charge in [0.25, 0.3) is 0 Å². The molecule has 0 spiro atoms. The Labute approximate surface area is 138 Å². The van der Waals surface area contributed by atoms with Crippen molar-refractivity contribution in [2.45, 2.75) is 57.9 Å². The monoisotopic (exact) mass is 339 g/mol. The summed E-state index contributed by atoms with van der Waals surface area (Å²) in [6.07, 6.45) is 1.80. The molecule has 1 aliphatic rings. The minimum atomic E-state index is -3.60. The van der Waals surface area contributed by atoms with Gasteiger partial charge < -0.3 is 4.74 Å². The summed E-state index contributed by atoms with van der Waals surface area (Å²) in [5.74, 6) is -0.356. The summed E-state index contributed by atoms with van der Waals surface area (Å²) in [6, 6.07) is 3.78. The van der Waals surface area contributed by atoms with Gasteiger partial charge in [-0.05, 0) is 51.7 Å². The SMILES string of the molecule is CCOC(=O)CCN(C1CC1)S(=O)(=O)c1c(C)cc(C)cc1C. The zero-order valence-corrected chi connectivity index (χ0v) is 15.1. The topological polar surface area (TPSA) is 63.7 Å². The molecular weight excluding hydrogens is 314 g/mol.